The molecule has 0 aromatic rings. The van der Waals surface area contributed by atoms with Gasteiger partial charge in [0.05, 0.1) is 0 Å². The largest absolute Gasteiger partial charge is 0.330 e. The third-order valence-corrected chi connectivity index (χ3v) is 3.54. The molecule has 112 valence electrons. The average Bonchev–Trinajstić information content (AvgIpc) is 2.43. The van der Waals surface area contributed by atoms with Crippen LogP contribution in [0.5, 0.6) is 0 Å². The summed E-state index contributed by atoms with van der Waals surface area (Å²) >= 11 is 0. The van der Waals surface area contributed by atoms with E-state index in [1.54, 1.807) is 0 Å². The van der Waals surface area contributed by atoms with Crippen molar-refractivity contribution in [2.24, 2.45) is 5.73 Å². The minimum absolute atomic E-state index is 0.851. The number of hydrogen-bond donors (Lipinski definition) is 1. The molecule has 1 heteroatoms. The average molecular weight is 265 g/mol. The van der Waals surface area contributed by atoms with Crippen molar-refractivity contribution in [1.82, 2.24) is 0 Å². The second-order valence-electron chi connectivity index (χ2n) is 5.53. The number of rotatable bonds is 13. The van der Waals surface area contributed by atoms with Gasteiger partial charge in [0.2, 0.25) is 0 Å². The van der Waals surface area contributed by atoms with Gasteiger partial charge in [-0.3, -0.25) is 0 Å². The van der Waals surface area contributed by atoms with Crippen molar-refractivity contribution >= 4 is 0 Å². The van der Waals surface area contributed by atoms with E-state index in [-0.39, 0.29) is 0 Å². The lowest BCUT2D eigenvalue weighted by Crippen LogP contribution is -1.97. The zero-order valence-corrected chi connectivity index (χ0v) is 13.2. The Balaban J connectivity index is 3.05. The van der Waals surface area contributed by atoms with Gasteiger partial charge in [-0.2, -0.15) is 0 Å². The zero-order valence-electron chi connectivity index (χ0n) is 13.2. The fraction of sp³-hybridized carbons (Fsp3) is 0.889. The van der Waals surface area contributed by atoms with Crippen LogP contribution in [-0.2, 0) is 0 Å². The lowest BCUT2D eigenvalue weighted by molar-refractivity contribution is 0.602. The van der Waals surface area contributed by atoms with Crippen LogP contribution in [0.25, 0.3) is 0 Å². The third kappa shape index (κ3) is 17.5. The summed E-state index contributed by atoms with van der Waals surface area (Å²) in [5.74, 6) is 6.64. The lowest BCUT2D eigenvalue weighted by Gasteiger charge is -1.98. The van der Waals surface area contributed by atoms with Crippen LogP contribution in [0.1, 0.15) is 96.8 Å². The Morgan fingerprint density at radius 2 is 1.00 bits per heavy atom. The highest BCUT2D eigenvalue weighted by atomic mass is 14.5. The maximum absolute atomic E-state index is 5.46. The predicted octanol–water partition coefficient (Wildman–Crippen LogP) is 5.43. The molecular formula is C18H35N. The molecule has 0 saturated carbocycles. The molecule has 2 N–H and O–H groups in total. The summed E-state index contributed by atoms with van der Waals surface area (Å²) in [5, 5.41) is 0. The summed E-state index contributed by atoms with van der Waals surface area (Å²) in [6.45, 7) is 3.12. The van der Waals surface area contributed by atoms with Crippen LogP contribution < -0.4 is 5.73 Å². The molecule has 0 aliphatic heterocycles. The molecule has 0 unspecified atom stereocenters. The molecule has 0 amide bonds. The topological polar surface area (TPSA) is 26.0 Å². The first-order chi connectivity index (χ1) is 9.41. The van der Waals surface area contributed by atoms with E-state index < -0.39 is 0 Å². The van der Waals surface area contributed by atoms with Gasteiger partial charge in [-0.25, -0.2) is 0 Å². The first-order valence-electron chi connectivity index (χ1n) is 8.57. The molecule has 0 spiro atoms. The molecule has 19 heavy (non-hydrogen) atoms. The summed E-state index contributed by atoms with van der Waals surface area (Å²) in [5.41, 5.74) is 5.46. The molecule has 0 radical (unpaired) electrons. The summed E-state index contributed by atoms with van der Waals surface area (Å²) in [7, 11) is 0. The second kappa shape index (κ2) is 17.5. The van der Waals surface area contributed by atoms with Gasteiger partial charge >= 0.3 is 0 Å². The molecule has 1 nitrogen and oxygen atoms in total. The number of hydrogen-bond acceptors (Lipinski definition) is 1. The molecule has 0 fully saturated rings. The van der Waals surface area contributed by atoms with E-state index in [1.807, 2.05) is 0 Å². The van der Waals surface area contributed by atoms with Crippen LogP contribution in [0.2, 0.25) is 0 Å². The Hall–Kier alpha value is -0.480. The summed E-state index contributed by atoms with van der Waals surface area (Å²) in [6.07, 6.45) is 18.3. The molecule has 0 aliphatic carbocycles. The van der Waals surface area contributed by atoms with Crippen molar-refractivity contribution in [2.75, 3.05) is 6.54 Å². The van der Waals surface area contributed by atoms with Gasteiger partial charge in [-0.15, -0.1) is 11.8 Å². The molecule has 0 aromatic heterocycles. The van der Waals surface area contributed by atoms with E-state index in [4.69, 9.17) is 5.73 Å². The van der Waals surface area contributed by atoms with Crippen molar-refractivity contribution in [2.45, 2.75) is 96.8 Å². The van der Waals surface area contributed by atoms with Gasteiger partial charge in [-0.05, 0) is 25.8 Å². The fourth-order valence-corrected chi connectivity index (χ4v) is 2.24. The molecule has 0 rings (SSSR count). The lowest BCUT2D eigenvalue weighted by atomic mass is 10.1. The van der Waals surface area contributed by atoms with Gasteiger partial charge in [-0.1, -0.05) is 64.7 Å². The molecule has 0 aliphatic rings. The van der Waals surface area contributed by atoms with E-state index in [0.717, 1.165) is 19.4 Å². The quantitative estimate of drug-likeness (QED) is 0.349. The van der Waals surface area contributed by atoms with E-state index in [1.165, 1.54) is 77.0 Å². The van der Waals surface area contributed by atoms with Crippen LogP contribution >= 0.6 is 0 Å². The van der Waals surface area contributed by atoms with Gasteiger partial charge in [0.25, 0.3) is 0 Å². The van der Waals surface area contributed by atoms with E-state index in [2.05, 4.69) is 18.8 Å². The minimum atomic E-state index is 0.851. The van der Waals surface area contributed by atoms with Gasteiger partial charge in [0.1, 0.15) is 0 Å². The van der Waals surface area contributed by atoms with Crippen molar-refractivity contribution in [3.05, 3.63) is 0 Å². The van der Waals surface area contributed by atoms with Crippen LogP contribution in [0.3, 0.4) is 0 Å². The SMILES string of the molecule is CCCCCCCCC#CCCCCCCCCN. The molecule has 0 atom stereocenters. The highest BCUT2D eigenvalue weighted by Gasteiger charge is 1.90. The smallest absolute Gasteiger partial charge is 0.00886 e. The van der Waals surface area contributed by atoms with Crippen molar-refractivity contribution in [3.8, 4) is 11.8 Å². The highest BCUT2D eigenvalue weighted by molar-refractivity contribution is 4.98. The van der Waals surface area contributed by atoms with Gasteiger partial charge in [0, 0.05) is 12.8 Å². The van der Waals surface area contributed by atoms with Crippen molar-refractivity contribution in [3.63, 3.8) is 0 Å². The predicted molar refractivity (Wildman–Crippen MR) is 87.1 cm³/mol. The van der Waals surface area contributed by atoms with Crippen LogP contribution in [0.15, 0.2) is 0 Å². The Morgan fingerprint density at radius 3 is 1.47 bits per heavy atom. The molecule has 0 bridgehead atoms. The Morgan fingerprint density at radius 1 is 0.579 bits per heavy atom. The molecule has 0 aromatic carbocycles. The van der Waals surface area contributed by atoms with Crippen LogP contribution in [-0.4, -0.2) is 6.54 Å². The summed E-state index contributed by atoms with van der Waals surface area (Å²) in [6, 6.07) is 0. The zero-order chi connectivity index (χ0) is 14.0. The fourth-order valence-electron chi connectivity index (χ4n) is 2.24. The maximum Gasteiger partial charge on any atom is 0.00886 e. The van der Waals surface area contributed by atoms with Crippen molar-refractivity contribution in [1.29, 1.82) is 0 Å². The standard InChI is InChI=1S/C18H35N/c1-2-3-4-5-6-7-8-9-10-11-12-13-14-15-16-17-18-19/h2-8,11-19H2,1H3. The van der Waals surface area contributed by atoms with Gasteiger partial charge in [0.15, 0.2) is 0 Å². The third-order valence-electron chi connectivity index (χ3n) is 3.54. The van der Waals surface area contributed by atoms with Crippen molar-refractivity contribution < 1.29 is 0 Å². The molecule has 0 saturated heterocycles. The van der Waals surface area contributed by atoms with Gasteiger partial charge < -0.3 is 5.73 Å². The molecule has 0 heterocycles. The number of unbranched alkanes of at least 4 members (excludes halogenated alkanes) is 12. The molecular weight excluding hydrogens is 230 g/mol. The first kappa shape index (κ1) is 18.5. The number of nitrogens with two attached hydrogens (primary N) is 1. The first-order valence-corrected chi connectivity index (χ1v) is 8.57. The Kier molecular flexibility index (Phi) is 17.1. The normalized spacial score (nSPS) is 10.2. The Bertz CT molecular complexity index is 211. The monoisotopic (exact) mass is 265 g/mol. The van der Waals surface area contributed by atoms with Crippen LogP contribution in [0, 0.1) is 11.8 Å². The second-order valence-corrected chi connectivity index (χ2v) is 5.53. The van der Waals surface area contributed by atoms with E-state index in [9.17, 15) is 0 Å². The van der Waals surface area contributed by atoms with E-state index >= 15 is 0 Å². The summed E-state index contributed by atoms with van der Waals surface area (Å²) < 4.78 is 0. The summed E-state index contributed by atoms with van der Waals surface area (Å²) in [4.78, 5) is 0. The van der Waals surface area contributed by atoms with E-state index in [0.29, 0.717) is 0 Å². The maximum atomic E-state index is 5.46. The highest BCUT2D eigenvalue weighted by Crippen LogP contribution is 2.07. The van der Waals surface area contributed by atoms with Crippen LogP contribution in [0.4, 0.5) is 0 Å². The minimum Gasteiger partial charge on any atom is -0.330 e. The Labute approximate surface area is 121 Å².